The van der Waals surface area contributed by atoms with Gasteiger partial charge < -0.3 is 20.1 Å². The van der Waals surface area contributed by atoms with Gasteiger partial charge in [0.15, 0.2) is 6.61 Å². The van der Waals surface area contributed by atoms with Crippen LogP contribution in [0.25, 0.3) is 0 Å². The summed E-state index contributed by atoms with van der Waals surface area (Å²) in [4.78, 5) is 24.4. The third-order valence-corrected chi connectivity index (χ3v) is 6.56. The van der Waals surface area contributed by atoms with E-state index in [9.17, 15) is 23.1 Å². The van der Waals surface area contributed by atoms with Crippen molar-refractivity contribution in [3.05, 3.63) is 17.2 Å². The fraction of sp³-hybridized carbons (Fsp3) is 0.467. The second-order valence-electron chi connectivity index (χ2n) is 6.02. The lowest BCUT2D eigenvalue weighted by atomic mass is 10.2. The predicted octanol–water partition coefficient (Wildman–Crippen LogP) is -0.115. The number of anilines is 1. The maximum Gasteiger partial charge on any atom is 0.262 e. The normalized spacial score (nSPS) is 19.3. The smallest absolute Gasteiger partial charge is 0.262 e. The van der Waals surface area contributed by atoms with Crippen LogP contribution in [0.3, 0.4) is 0 Å². The number of ether oxygens (including phenoxy) is 1. The Kier molecular flexibility index (Phi) is 5.11. The van der Waals surface area contributed by atoms with Crippen LogP contribution in [0.2, 0.25) is 5.02 Å². The number of nitrogens with zero attached hydrogens (tertiary/aromatic N) is 2. The fourth-order valence-corrected chi connectivity index (χ4v) is 4.77. The topological polar surface area (TPSA) is 116 Å². The first kappa shape index (κ1) is 18.9. The van der Waals surface area contributed by atoms with E-state index in [1.807, 2.05) is 0 Å². The van der Waals surface area contributed by atoms with Crippen molar-refractivity contribution in [1.82, 2.24) is 9.21 Å². The van der Waals surface area contributed by atoms with Crippen LogP contribution in [0, 0.1) is 0 Å². The minimum Gasteiger partial charge on any atom is -0.482 e. The first-order chi connectivity index (χ1) is 12.2. The van der Waals surface area contributed by atoms with Crippen molar-refractivity contribution in [1.29, 1.82) is 0 Å². The van der Waals surface area contributed by atoms with Gasteiger partial charge in [0.05, 0.1) is 10.7 Å². The highest BCUT2D eigenvalue weighted by molar-refractivity contribution is 7.89. The summed E-state index contributed by atoms with van der Waals surface area (Å²) in [7, 11) is -3.90. The van der Waals surface area contributed by atoms with Gasteiger partial charge in [-0.3, -0.25) is 9.59 Å². The van der Waals surface area contributed by atoms with Crippen LogP contribution < -0.4 is 10.1 Å². The van der Waals surface area contributed by atoms with Gasteiger partial charge in [0.1, 0.15) is 16.7 Å². The van der Waals surface area contributed by atoms with E-state index in [2.05, 4.69) is 5.32 Å². The first-order valence-electron chi connectivity index (χ1n) is 7.93. The fourth-order valence-electron chi connectivity index (χ4n) is 2.83. The van der Waals surface area contributed by atoms with Gasteiger partial charge in [0.2, 0.25) is 10.0 Å². The van der Waals surface area contributed by atoms with Crippen LogP contribution in [0.4, 0.5) is 5.69 Å². The van der Waals surface area contributed by atoms with E-state index >= 15 is 0 Å². The molecule has 9 nitrogen and oxygen atoms in total. The molecule has 2 heterocycles. The van der Waals surface area contributed by atoms with Crippen LogP contribution >= 0.6 is 11.6 Å². The monoisotopic (exact) mass is 403 g/mol. The molecule has 0 aliphatic carbocycles. The van der Waals surface area contributed by atoms with E-state index in [4.69, 9.17) is 16.3 Å². The average molecular weight is 404 g/mol. The third kappa shape index (κ3) is 3.50. The van der Waals surface area contributed by atoms with Crippen molar-refractivity contribution in [3.8, 4) is 5.75 Å². The Hall–Kier alpha value is -1.88. The highest BCUT2D eigenvalue weighted by Gasteiger charge is 2.33. The first-order valence-corrected chi connectivity index (χ1v) is 9.75. The molecule has 3 rings (SSSR count). The molecule has 2 aliphatic heterocycles. The molecule has 2 N–H and O–H groups in total. The number of carbonyl (C=O) groups excluding carboxylic acids is 2. The Morgan fingerprint density at radius 1 is 1.31 bits per heavy atom. The van der Waals surface area contributed by atoms with Crippen molar-refractivity contribution in [3.63, 3.8) is 0 Å². The maximum atomic E-state index is 12.9. The molecule has 11 heteroatoms. The Labute approximate surface area is 155 Å². The third-order valence-electron chi connectivity index (χ3n) is 4.19. The summed E-state index contributed by atoms with van der Waals surface area (Å²) in [5, 5.41) is 11.9. The summed E-state index contributed by atoms with van der Waals surface area (Å²) in [5.41, 5.74) is 0.317. The number of amides is 2. The van der Waals surface area contributed by atoms with Crippen LogP contribution in [0.15, 0.2) is 17.0 Å². The molecule has 0 radical (unpaired) electrons. The van der Waals surface area contributed by atoms with Gasteiger partial charge in [-0.2, -0.15) is 4.31 Å². The molecule has 0 spiro atoms. The number of aliphatic hydroxyl groups is 1. The van der Waals surface area contributed by atoms with Crippen molar-refractivity contribution in [2.75, 3.05) is 38.1 Å². The zero-order chi connectivity index (χ0) is 19.1. The number of aliphatic hydroxyl groups excluding tert-OH is 1. The molecule has 142 valence electrons. The predicted molar refractivity (Wildman–Crippen MR) is 92.6 cm³/mol. The number of nitrogens with one attached hydrogen (secondary N) is 1. The van der Waals surface area contributed by atoms with Crippen molar-refractivity contribution >= 4 is 39.1 Å². The molecular formula is C15H18ClN3O6S. The lowest BCUT2D eigenvalue weighted by Crippen LogP contribution is -2.52. The van der Waals surface area contributed by atoms with Crippen molar-refractivity contribution < 1.29 is 27.9 Å². The van der Waals surface area contributed by atoms with Gasteiger partial charge in [-0.1, -0.05) is 11.6 Å². The largest absolute Gasteiger partial charge is 0.482 e. The lowest BCUT2D eigenvalue weighted by Gasteiger charge is -2.34. The van der Waals surface area contributed by atoms with Gasteiger partial charge in [-0.05, 0) is 13.0 Å². The lowest BCUT2D eigenvalue weighted by molar-refractivity contribution is -0.140. The molecule has 2 aliphatic rings. The zero-order valence-corrected chi connectivity index (χ0v) is 15.5. The van der Waals surface area contributed by atoms with Crippen LogP contribution in [0.1, 0.15) is 6.92 Å². The Morgan fingerprint density at radius 3 is 2.58 bits per heavy atom. The number of hydrogen-bond donors (Lipinski definition) is 2. The summed E-state index contributed by atoms with van der Waals surface area (Å²) >= 11 is 6.12. The van der Waals surface area contributed by atoms with Crippen LogP contribution in [0.5, 0.6) is 5.75 Å². The molecule has 1 atom stereocenters. The van der Waals surface area contributed by atoms with Gasteiger partial charge in [0, 0.05) is 32.2 Å². The SMILES string of the molecule is C[C@@H](O)C(=O)N1CCN(S(=O)(=O)c2cc3c(cc2Cl)NC(=O)CO3)CC1. The second-order valence-corrected chi connectivity index (χ2v) is 8.33. The van der Waals surface area contributed by atoms with Gasteiger partial charge in [0.25, 0.3) is 11.8 Å². The Bertz CT molecular complexity index is 849. The minimum atomic E-state index is -3.90. The number of benzene rings is 1. The van der Waals surface area contributed by atoms with Gasteiger partial charge >= 0.3 is 0 Å². The molecule has 0 aromatic heterocycles. The maximum absolute atomic E-state index is 12.9. The van der Waals surface area contributed by atoms with Crippen molar-refractivity contribution in [2.24, 2.45) is 0 Å². The number of carbonyl (C=O) groups is 2. The highest BCUT2D eigenvalue weighted by Crippen LogP contribution is 2.36. The summed E-state index contributed by atoms with van der Waals surface area (Å²) in [6, 6.07) is 2.63. The molecule has 1 saturated heterocycles. The Morgan fingerprint density at radius 2 is 1.96 bits per heavy atom. The van der Waals surface area contributed by atoms with Gasteiger partial charge in [-0.15, -0.1) is 0 Å². The van der Waals surface area contributed by atoms with Crippen molar-refractivity contribution in [2.45, 2.75) is 17.9 Å². The number of sulfonamides is 1. The quantitative estimate of drug-likeness (QED) is 0.727. The van der Waals surface area contributed by atoms with E-state index in [-0.39, 0.29) is 54.4 Å². The van der Waals surface area contributed by atoms with Gasteiger partial charge in [-0.25, -0.2) is 8.42 Å². The summed E-state index contributed by atoms with van der Waals surface area (Å²) in [6.45, 7) is 1.71. The number of halogens is 1. The highest BCUT2D eigenvalue weighted by atomic mass is 35.5. The second kappa shape index (κ2) is 7.03. The molecule has 0 unspecified atom stereocenters. The number of hydrogen-bond acceptors (Lipinski definition) is 6. The molecule has 1 aromatic carbocycles. The zero-order valence-electron chi connectivity index (χ0n) is 13.9. The summed E-state index contributed by atoms with van der Waals surface area (Å²) < 4.78 is 32.3. The van der Waals surface area contributed by atoms with E-state index in [0.717, 1.165) is 0 Å². The number of piperazine rings is 1. The molecule has 2 amide bonds. The molecule has 0 bridgehead atoms. The minimum absolute atomic E-state index is 0.0305. The van der Waals surface area contributed by atoms with Crippen LogP contribution in [-0.4, -0.2) is 73.4 Å². The van der Waals surface area contributed by atoms with E-state index in [1.54, 1.807) is 0 Å². The molecular weight excluding hydrogens is 386 g/mol. The average Bonchev–Trinajstić information content (AvgIpc) is 2.60. The summed E-state index contributed by atoms with van der Waals surface area (Å²) in [5.74, 6) is -0.545. The molecule has 26 heavy (non-hydrogen) atoms. The van der Waals surface area contributed by atoms with E-state index in [1.165, 1.54) is 28.3 Å². The van der Waals surface area contributed by atoms with E-state index in [0.29, 0.717) is 5.69 Å². The standard InChI is InChI=1S/C15H18ClN3O6S/c1-9(20)15(22)18-2-4-19(5-3-18)26(23,24)13-7-12-11(6-10(13)16)17-14(21)8-25-12/h6-7,9,20H,2-5,8H2,1H3,(H,17,21)/t9-/m1/s1. The molecule has 1 aromatic rings. The molecule has 0 saturated carbocycles. The van der Waals surface area contributed by atoms with Crippen LogP contribution in [-0.2, 0) is 19.6 Å². The molecule has 1 fully saturated rings. The Balaban J connectivity index is 1.81. The number of fused-ring (bicyclic) bond motifs is 1. The van der Waals surface area contributed by atoms with E-state index < -0.39 is 22.0 Å². The number of rotatable bonds is 3. The summed E-state index contributed by atoms with van der Waals surface area (Å²) in [6.07, 6.45) is -1.12.